The van der Waals surface area contributed by atoms with Crippen molar-refractivity contribution in [1.29, 1.82) is 0 Å². The first-order valence-corrected chi connectivity index (χ1v) is 19.0. The van der Waals surface area contributed by atoms with Crippen molar-refractivity contribution < 1.29 is 42.8 Å². The molecule has 55 heavy (non-hydrogen) atoms. The van der Waals surface area contributed by atoms with Crippen molar-refractivity contribution in [3.05, 3.63) is 78.3 Å². The summed E-state index contributed by atoms with van der Waals surface area (Å²) >= 11 is 0. The standard InChI is InChI=1S/C41H49N5O9/c1-28-3-8-37(39(47)43-28)46-40(48)33-7-5-31(26-34(33)41(46)49)55-24-22-53-20-18-51-16-15-50-17-19-52-21-23-54-30-10-13-45(14-11-30)29-4-6-32-35-27-42-12-9-36(35)44(2)38(32)25-29/h4-7,9,12,25-27,30,37H,1,3,8,10-11,13-24H2,2H3,(H,43,47). The van der Waals surface area contributed by atoms with E-state index in [2.05, 4.69) is 57.7 Å². The third-order valence-electron chi connectivity index (χ3n) is 10.3. The van der Waals surface area contributed by atoms with E-state index < -0.39 is 23.8 Å². The van der Waals surface area contributed by atoms with E-state index in [1.807, 2.05) is 12.4 Å². The summed E-state index contributed by atoms with van der Waals surface area (Å²) in [6.45, 7) is 10.1. The number of piperidine rings is 2. The lowest BCUT2D eigenvalue weighted by Gasteiger charge is -2.33. The summed E-state index contributed by atoms with van der Waals surface area (Å²) in [6.07, 6.45) is 6.87. The number of rotatable bonds is 19. The zero-order valence-electron chi connectivity index (χ0n) is 31.3. The van der Waals surface area contributed by atoms with Gasteiger partial charge in [-0.15, -0.1) is 0 Å². The van der Waals surface area contributed by atoms with Crippen LogP contribution in [0.2, 0.25) is 0 Å². The number of aryl methyl sites for hydroxylation is 1. The molecule has 3 aliphatic rings. The Morgan fingerprint density at radius 3 is 2.13 bits per heavy atom. The Hall–Kier alpha value is -4.86. The summed E-state index contributed by atoms with van der Waals surface area (Å²) in [7, 11) is 2.11. The number of hydrogen-bond acceptors (Lipinski definition) is 11. The van der Waals surface area contributed by atoms with Crippen LogP contribution in [0.3, 0.4) is 0 Å². The summed E-state index contributed by atoms with van der Waals surface area (Å²) in [5.74, 6) is -0.928. The number of hydrogen-bond donors (Lipinski definition) is 1. The predicted molar refractivity (Wildman–Crippen MR) is 205 cm³/mol. The molecule has 4 aromatic rings. The van der Waals surface area contributed by atoms with E-state index in [0.717, 1.165) is 30.8 Å². The van der Waals surface area contributed by atoms with Crippen LogP contribution in [0.5, 0.6) is 5.75 Å². The van der Waals surface area contributed by atoms with Gasteiger partial charge in [0.1, 0.15) is 18.4 Å². The minimum Gasteiger partial charge on any atom is -0.491 e. The van der Waals surface area contributed by atoms with Crippen LogP contribution in [-0.4, -0.2) is 123 Å². The molecular formula is C41H49N5O9. The molecule has 1 N–H and O–H groups in total. The smallest absolute Gasteiger partial charge is 0.262 e. The average molecular weight is 756 g/mol. The van der Waals surface area contributed by atoms with Crippen LogP contribution in [0.15, 0.2) is 67.1 Å². The minimum absolute atomic E-state index is 0.227. The number of benzene rings is 2. The van der Waals surface area contributed by atoms with E-state index in [4.69, 9.17) is 28.4 Å². The maximum atomic E-state index is 13.0. The van der Waals surface area contributed by atoms with Gasteiger partial charge in [0.15, 0.2) is 0 Å². The van der Waals surface area contributed by atoms with Gasteiger partial charge in [0, 0.05) is 54.7 Å². The molecule has 0 aliphatic carbocycles. The number of fused-ring (bicyclic) bond motifs is 4. The number of pyridine rings is 1. The highest BCUT2D eigenvalue weighted by Crippen LogP contribution is 2.33. The lowest BCUT2D eigenvalue weighted by Crippen LogP contribution is -2.51. The highest BCUT2D eigenvalue weighted by molar-refractivity contribution is 6.23. The quantitative estimate of drug-likeness (QED) is 0.109. The Kier molecular flexibility index (Phi) is 12.7. The summed E-state index contributed by atoms with van der Waals surface area (Å²) < 4.78 is 36.5. The van der Waals surface area contributed by atoms with E-state index in [-0.39, 0.29) is 23.8 Å². The third kappa shape index (κ3) is 9.00. The average Bonchev–Trinajstić information content (AvgIpc) is 3.62. The van der Waals surface area contributed by atoms with Crippen molar-refractivity contribution in [3.63, 3.8) is 0 Å². The third-order valence-corrected chi connectivity index (χ3v) is 10.3. The lowest BCUT2D eigenvalue weighted by atomic mass is 10.0. The second-order valence-electron chi connectivity index (χ2n) is 13.8. The molecule has 0 bridgehead atoms. The highest BCUT2D eigenvalue weighted by Gasteiger charge is 2.44. The van der Waals surface area contributed by atoms with E-state index in [9.17, 15) is 14.4 Å². The summed E-state index contributed by atoms with van der Waals surface area (Å²) in [5, 5.41) is 5.05. The first-order chi connectivity index (χ1) is 26.9. The molecule has 1 atom stereocenters. The molecule has 0 saturated carbocycles. The number of nitrogens with zero attached hydrogens (tertiary/aromatic N) is 4. The van der Waals surface area contributed by atoms with Crippen LogP contribution in [0.1, 0.15) is 46.4 Å². The SMILES string of the molecule is C=C1CCC(N2C(=O)c3ccc(OCCOCCOCCOCCOCCOC4CCN(c5ccc6c7cnccc7n(C)c6c5)CC4)cc3C2=O)C(=O)N1. The van der Waals surface area contributed by atoms with Crippen molar-refractivity contribution in [3.8, 4) is 5.75 Å². The van der Waals surface area contributed by atoms with Crippen LogP contribution in [0.25, 0.3) is 21.8 Å². The fourth-order valence-electron chi connectivity index (χ4n) is 7.39. The molecule has 0 spiro atoms. The van der Waals surface area contributed by atoms with Crippen LogP contribution in [0, 0.1) is 0 Å². The fraction of sp³-hybridized carbons (Fsp3) is 0.463. The molecule has 2 saturated heterocycles. The maximum Gasteiger partial charge on any atom is 0.262 e. The van der Waals surface area contributed by atoms with Crippen LogP contribution < -0.4 is 15.0 Å². The van der Waals surface area contributed by atoms with E-state index in [1.54, 1.807) is 12.1 Å². The van der Waals surface area contributed by atoms with Gasteiger partial charge >= 0.3 is 0 Å². The van der Waals surface area contributed by atoms with Crippen molar-refractivity contribution >= 4 is 45.2 Å². The van der Waals surface area contributed by atoms with E-state index in [0.29, 0.717) is 83.8 Å². The molecule has 2 fully saturated rings. The fourth-order valence-corrected chi connectivity index (χ4v) is 7.39. The van der Waals surface area contributed by atoms with Gasteiger partial charge in [0.2, 0.25) is 5.91 Å². The van der Waals surface area contributed by atoms with Gasteiger partial charge < -0.3 is 43.2 Å². The summed E-state index contributed by atoms with van der Waals surface area (Å²) in [6, 6.07) is 12.7. The number of anilines is 1. The van der Waals surface area contributed by atoms with Crippen LogP contribution in [-0.2, 0) is 35.5 Å². The van der Waals surface area contributed by atoms with Gasteiger partial charge in [-0.05, 0) is 62.1 Å². The molecule has 2 aromatic heterocycles. The zero-order valence-corrected chi connectivity index (χ0v) is 31.3. The number of allylic oxidation sites excluding steroid dienone is 1. The van der Waals surface area contributed by atoms with Crippen molar-refractivity contribution in [2.24, 2.45) is 7.05 Å². The summed E-state index contributed by atoms with van der Waals surface area (Å²) in [5.41, 5.74) is 4.74. The number of amides is 3. The van der Waals surface area contributed by atoms with Crippen LogP contribution in [0.4, 0.5) is 5.69 Å². The molecular weight excluding hydrogens is 706 g/mol. The second kappa shape index (κ2) is 18.2. The topological polar surface area (TPSA) is 143 Å². The maximum absolute atomic E-state index is 13.0. The number of ether oxygens (including phenoxy) is 6. The molecule has 7 rings (SSSR count). The zero-order chi connectivity index (χ0) is 38.1. The number of imide groups is 1. The van der Waals surface area contributed by atoms with Crippen LogP contribution >= 0.6 is 0 Å². The van der Waals surface area contributed by atoms with Gasteiger partial charge in [0.25, 0.3) is 11.8 Å². The van der Waals surface area contributed by atoms with Crippen molar-refractivity contribution in [1.82, 2.24) is 19.8 Å². The first kappa shape index (κ1) is 38.4. The van der Waals surface area contributed by atoms with Gasteiger partial charge in [-0.2, -0.15) is 0 Å². The van der Waals surface area contributed by atoms with Gasteiger partial charge in [-0.3, -0.25) is 24.3 Å². The first-order valence-electron chi connectivity index (χ1n) is 19.0. The Balaban J connectivity index is 0.670. The van der Waals surface area contributed by atoms with E-state index in [1.165, 1.54) is 33.6 Å². The molecule has 292 valence electrons. The molecule has 5 heterocycles. The summed E-state index contributed by atoms with van der Waals surface area (Å²) in [4.78, 5) is 46.1. The minimum atomic E-state index is -0.849. The Morgan fingerprint density at radius 1 is 0.745 bits per heavy atom. The lowest BCUT2D eigenvalue weighted by molar-refractivity contribution is -0.125. The molecule has 14 nitrogen and oxygen atoms in total. The molecule has 0 radical (unpaired) electrons. The Labute approximate surface area is 320 Å². The van der Waals surface area contributed by atoms with Gasteiger partial charge in [0.05, 0.1) is 87.7 Å². The van der Waals surface area contributed by atoms with Gasteiger partial charge in [-0.25, -0.2) is 0 Å². The van der Waals surface area contributed by atoms with Crippen molar-refractivity contribution in [2.45, 2.75) is 37.8 Å². The molecule has 2 aromatic carbocycles. The number of nitrogens with one attached hydrogen (secondary N) is 1. The largest absolute Gasteiger partial charge is 0.491 e. The second-order valence-corrected chi connectivity index (χ2v) is 13.8. The molecule has 14 heteroatoms. The Bertz CT molecular complexity index is 2010. The van der Waals surface area contributed by atoms with Crippen molar-refractivity contribution in [2.75, 3.05) is 84.1 Å². The predicted octanol–water partition coefficient (Wildman–Crippen LogP) is 4.25. The molecule has 3 amide bonds. The highest BCUT2D eigenvalue weighted by atomic mass is 16.6. The monoisotopic (exact) mass is 755 g/mol. The normalized spacial score (nSPS) is 17.8. The number of aromatic nitrogens is 2. The molecule has 1 unspecified atom stereocenters. The van der Waals surface area contributed by atoms with Gasteiger partial charge in [-0.1, -0.05) is 12.6 Å². The molecule has 3 aliphatic heterocycles. The number of carbonyl (C=O) groups is 3. The Morgan fingerprint density at radius 2 is 1.42 bits per heavy atom. The number of carbonyl (C=O) groups excluding carboxylic acids is 3. The van der Waals surface area contributed by atoms with E-state index >= 15 is 0 Å².